The Bertz CT molecular complexity index is 917. The van der Waals surface area contributed by atoms with Crippen molar-refractivity contribution in [1.82, 2.24) is 15.0 Å². The molecule has 25 heavy (non-hydrogen) atoms. The zero-order valence-electron chi connectivity index (χ0n) is 13.9. The van der Waals surface area contributed by atoms with E-state index >= 15 is 0 Å². The number of benzene rings is 1. The molecule has 1 aromatic carbocycles. The SMILES string of the molecule is O=C(CC1CC2CCC1C2)Nc1ccc2nc(-c3cscn3)[nH]c2c1. The molecule has 2 bridgehead atoms. The van der Waals surface area contributed by atoms with E-state index in [4.69, 9.17) is 0 Å². The van der Waals surface area contributed by atoms with Gasteiger partial charge in [0.1, 0.15) is 5.69 Å². The highest BCUT2D eigenvalue weighted by molar-refractivity contribution is 7.07. The van der Waals surface area contributed by atoms with Crippen molar-refractivity contribution in [2.75, 3.05) is 5.32 Å². The van der Waals surface area contributed by atoms with Crippen molar-refractivity contribution in [1.29, 1.82) is 0 Å². The summed E-state index contributed by atoms with van der Waals surface area (Å²) in [6, 6.07) is 5.82. The predicted molar refractivity (Wildman–Crippen MR) is 99.4 cm³/mol. The second-order valence-electron chi connectivity index (χ2n) is 7.38. The molecule has 2 aromatic heterocycles. The minimum Gasteiger partial charge on any atom is -0.337 e. The van der Waals surface area contributed by atoms with E-state index in [9.17, 15) is 4.79 Å². The highest BCUT2D eigenvalue weighted by atomic mass is 32.1. The van der Waals surface area contributed by atoms with Crippen molar-refractivity contribution in [3.8, 4) is 11.5 Å². The monoisotopic (exact) mass is 352 g/mol. The van der Waals surface area contributed by atoms with Crippen molar-refractivity contribution in [3.05, 3.63) is 29.1 Å². The lowest BCUT2D eigenvalue weighted by Crippen LogP contribution is -2.20. The fourth-order valence-corrected chi connectivity index (χ4v) is 5.15. The van der Waals surface area contributed by atoms with Crippen LogP contribution >= 0.6 is 11.3 Å². The Balaban J connectivity index is 1.30. The minimum atomic E-state index is 0.135. The van der Waals surface area contributed by atoms with Crippen molar-refractivity contribution in [2.24, 2.45) is 17.8 Å². The van der Waals surface area contributed by atoms with Gasteiger partial charge < -0.3 is 10.3 Å². The maximum absolute atomic E-state index is 12.4. The van der Waals surface area contributed by atoms with Crippen molar-refractivity contribution in [2.45, 2.75) is 32.1 Å². The van der Waals surface area contributed by atoms with Crippen LogP contribution in [0.5, 0.6) is 0 Å². The first-order valence-corrected chi connectivity index (χ1v) is 9.87. The standard InChI is InChI=1S/C19H20N4OS/c24-18(7-13-6-11-1-2-12(13)5-11)21-14-3-4-15-16(8-14)23-19(22-15)17-9-25-10-20-17/h3-4,8-13H,1-2,5-7H2,(H,21,24)(H,22,23). The van der Waals surface area contributed by atoms with Crippen LogP contribution in [0.15, 0.2) is 29.1 Å². The number of imidazole rings is 1. The summed E-state index contributed by atoms with van der Waals surface area (Å²) in [5.74, 6) is 3.16. The summed E-state index contributed by atoms with van der Waals surface area (Å²) in [4.78, 5) is 24.6. The first kappa shape index (κ1) is 15.1. The number of thiazole rings is 1. The first-order chi connectivity index (χ1) is 12.2. The van der Waals surface area contributed by atoms with E-state index in [-0.39, 0.29) is 5.91 Å². The van der Waals surface area contributed by atoms with Gasteiger partial charge >= 0.3 is 0 Å². The molecule has 2 N–H and O–H groups in total. The van der Waals surface area contributed by atoms with E-state index in [2.05, 4.69) is 20.3 Å². The minimum absolute atomic E-state index is 0.135. The number of rotatable bonds is 4. The number of nitrogens with one attached hydrogen (secondary N) is 2. The molecule has 2 heterocycles. The average Bonchev–Trinajstić information content (AvgIpc) is 3.37. The molecule has 2 saturated carbocycles. The quantitative estimate of drug-likeness (QED) is 0.729. The molecule has 3 unspecified atom stereocenters. The van der Waals surface area contributed by atoms with Crippen LogP contribution in [0.1, 0.15) is 32.1 Å². The van der Waals surface area contributed by atoms with Crippen LogP contribution < -0.4 is 5.32 Å². The van der Waals surface area contributed by atoms with Crippen LogP contribution in [0.2, 0.25) is 0 Å². The largest absolute Gasteiger partial charge is 0.337 e. The number of hydrogen-bond donors (Lipinski definition) is 2. The summed E-state index contributed by atoms with van der Waals surface area (Å²) in [6.07, 6.45) is 5.95. The average molecular weight is 352 g/mol. The van der Waals surface area contributed by atoms with Crippen LogP contribution in [0, 0.1) is 17.8 Å². The van der Waals surface area contributed by atoms with Crippen LogP contribution in [0.25, 0.3) is 22.6 Å². The lowest BCUT2D eigenvalue weighted by Gasteiger charge is -2.20. The topological polar surface area (TPSA) is 70.7 Å². The summed E-state index contributed by atoms with van der Waals surface area (Å²) in [7, 11) is 0. The number of fused-ring (bicyclic) bond motifs is 3. The maximum Gasteiger partial charge on any atom is 0.224 e. The molecule has 2 aliphatic carbocycles. The second-order valence-corrected chi connectivity index (χ2v) is 8.10. The number of hydrogen-bond acceptors (Lipinski definition) is 4. The van der Waals surface area contributed by atoms with E-state index in [1.54, 1.807) is 16.8 Å². The molecule has 0 radical (unpaired) electrons. The maximum atomic E-state index is 12.4. The number of carbonyl (C=O) groups excluding carboxylic acids is 1. The molecular formula is C19H20N4OS. The van der Waals surface area contributed by atoms with Crippen LogP contribution in [-0.4, -0.2) is 20.9 Å². The summed E-state index contributed by atoms with van der Waals surface area (Å²) in [5.41, 5.74) is 5.27. The smallest absolute Gasteiger partial charge is 0.224 e. The van der Waals surface area contributed by atoms with Crippen LogP contribution in [0.3, 0.4) is 0 Å². The zero-order chi connectivity index (χ0) is 16.8. The molecule has 2 fully saturated rings. The van der Waals surface area contributed by atoms with E-state index in [1.165, 1.54) is 25.7 Å². The van der Waals surface area contributed by atoms with Gasteiger partial charge in [0, 0.05) is 17.5 Å². The third-order valence-electron chi connectivity index (χ3n) is 5.77. The molecule has 2 aliphatic rings. The summed E-state index contributed by atoms with van der Waals surface area (Å²) < 4.78 is 0. The number of nitrogens with zero attached hydrogens (tertiary/aromatic N) is 2. The van der Waals surface area contributed by atoms with Gasteiger partial charge in [0.05, 0.1) is 16.5 Å². The van der Waals surface area contributed by atoms with Crippen molar-refractivity contribution < 1.29 is 4.79 Å². The fraction of sp³-hybridized carbons (Fsp3) is 0.421. The number of aromatic nitrogens is 3. The van der Waals surface area contributed by atoms with Gasteiger partial charge in [0.2, 0.25) is 5.91 Å². The fourth-order valence-electron chi connectivity index (χ4n) is 4.61. The molecule has 0 aliphatic heterocycles. The Labute approximate surface area is 149 Å². The first-order valence-electron chi connectivity index (χ1n) is 8.93. The van der Waals surface area contributed by atoms with Gasteiger partial charge in [-0.15, -0.1) is 11.3 Å². The zero-order valence-corrected chi connectivity index (χ0v) is 14.7. The van der Waals surface area contributed by atoms with E-state index in [0.29, 0.717) is 12.3 Å². The number of anilines is 1. The lowest BCUT2D eigenvalue weighted by molar-refractivity contribution is -0.117. The lowest BCUT2D eigenvalue weighted by atomic mass is 9.86. The number of H-pyrrole nitrogens is 1. The van der Waals surface area contributed by atoms with Gasteiger partial charge in [-0.1, -0.05) is 6.42 Å². The molecule has 128 valence electrons. The summed E-state index contributed by atoms with van der Waals surface area (Å²) in [6.45, 7) is 0. The van der Waals surface area contributed by atoms with Crippen LogP contribution in [0.4, 0.5) is 5.69 Å². The Morgan fingerprint density at radius 1 is 1.32 bits per heavy atom. The van der Waals surface area contributed by atoms with Crippen LogP contribution in [-0.2, 0) is 4.79 Å². The highest BCUT2D eigenvalue weighted by Gasteiger charge is 2.40. The van der Waals surface area contributed by atoms with Gasteiger partial charge in [-0.25, -0.2) is 9.97 Å². The predicted octanol–water partition coefficient (Wildman–Crippen LogP) is 4.45. The summed E-state index contributed by atoms with van der Waals surface area (Å²) >= 11 is 1.55. The van der Waals surface area contributed by atoms with Gasteiger partial charge in [-0.05, 0) is 55.2 Å². The van der Waals surface area contributed by atoms with Gasteiger partial charge in [-0.2, -0.15) is 0 Å². The number of aromatic amines is 1. The Kier molecular flexibility index (Phi) is 3.59. The second kappa shape index (κ2) is 5.95. The molecule has 6 heteroatoms. The Hall–Kier alpha value is -2.21. The molecule has 1 amide bonds. The van der Waals surface area contributed by atoms with E-state index < -0.39 is 0 Å². The number of amides is 1. The number of carbonyl (C=O) groups is 1. The van der Waals surface area contributed by atoms with Gasteiger partial charge in [0.15, 0.2) is 5.82 Å². The van der Waals surface area contributed by atoms with Crippen molar-refractivity contribution in [3.63, 3.8) is 0 Å². The molecule has 5 rings (SSSR count). The molecule has 5 nitrogen and oxygen atoms in total. The molecule has 0 saturated heterocycles. The Morgan fingerprint density at radius 2 is 2.28 bits per heavy atom. The van der Waals surface area contributed by atoms with Gasteiger partial charge in [-0.3, -0.25) is 4.79 Å². The van der Waals surface area contributed by atoms with E-state index in [0.717, 1.165) is 40.1 Å². The van der Waals surface area contributed by atoms with Crippen molar-refractivity contribution >= 4 is 34.0 Å². The Morgan fingerprint density at radius 3 is 3.04 bits per heavy atom. The third kappa shape index (κ3) is 2.84. The molecule has 3 atom stereocenters. The molecule has 3 aromatic rings. The molecule has 0 spiro atoms. The summed E-state index contributed by atoms with van der Waals surface area (Å²) in [5, 5.41) is 5.03. The highest BCUT2D eigenvalue weighted by Crippen LogP contribution is 2.49. The molecular weight excluding hydrogens is 332 g/mol. The third-order valence-corrected chi connectivity index (χ3v) is 6.36. The van der Waals surface area contributed by atoms with Gasteiger partial charge in [0.25, 0.3) is 0 Å². The van der Waals surface area contributed by atoms with E-state index in [1.807, 2.05) is 23.6 Å². The normalized spacial score (nSPS) is 24.9.